The molecule has 16 heavy (non-hydrogen) atoms. The molecular formula is C13H16O2S. The molecule has 0 atom stereocenters. The number of para-hydroxylation sites is 1. The molecule has 0 aliphatic rings. The lowest BCUT2D eigenvalue weighted by Crippen LogP contribution is -1.86. The van der Waals surface area contributed by atoms with Gasteiger partial charge in [0.25, 0.3) is 0 Å². The predicted octanol–water partition coefficient (Wildman–Crippen LogP) is 3.38. The average Bonchev–Trinajstić information content (AvgIpc) is 2.29. The van der Waals surface area contributed by atoms with Gasteiger partial charge in [0.05, 0.1) is 7.11 Å². The van der Waals surface area contributed by atoms with E-state index in [9.17, 15) is 4.79 Å². The van der Waals surface area contributed by atoms with Crippen LogP contribution in [0.25, 0.3) is 6.08 Å². The van der Waals surface area contributed by atoms with Gasteiger partial charge < -0.3 is 4.74 Å². The topological polar surface area (TPSA) is 26.3 Å². The first-order valence-electron chi connectivity index (χ1n) is 5.17. The summed E-state index contributed by atoms with van der Waals surface area (Å²) in [5.41, 5.74) is 1.07. The van der Waals surface area contributed by atoms with E-state index < -0.39 is 0 Å². The lowest BCUT2D eigenvalue weighted by Gasteiger charge is -2.03. The monoisotopic (exact) mass is 236 g/mol. The van der Waals surface area contributed by atoms with Crippen molar-refractivity contribution in [1.29, 1.82) is 0 Å². The Bertz CT molecular complexity index is 372. The molecule has 0 saturated carbocycles. The summed E-state index contributed by atoms with van der Waals surface area (Å²) in [4.78, 5) is 10.7. The van der Waals surface area contributed by atoms with E-state index in [1.807, 2.05) is 30.3 Å². The number of rotatable bonds is 5. The first-order chi connectivity index (χ1) is 7.74. The van der Waals surface area contributed by atoms with Crippen molar-refractivity contribution in [1.82, 2.24) is 0 Å². The van der Waals surface area contributed by atoms with Gasteiger partial charge in [-0.15, -0.1) is 0 Å². The smallest absolute Gasteiger partial charge is 0.185 e. The van der Waals surface area contributed by atoms with Gasteiger partial charge in [0.15, 0.2) is 5.12 Å². The van der Waals surface area contributed by atoms with E-state index in [-0.39, 0.29) is 5.12 Å². The summed E-state index contributed by atoms with van der Waals surface area (Å²) in [7, 11) is 1.66. The zero-order valence-corrected chi connectivity index (χ0v) is 10.4. The normalized spacial score (nSPS) is 10.6. The maximum absolute atomic E-state index is 10.7. The van der Waals surface area contributed by atoms with Gasteiger partial charge in [-0.25, -0.2) is 0 Å². The fourth-order valence-corrected chi connectivity index (χ4v) is 1.83. The molecule has 86 valence electrons. The van der Waals surface area contributed by atoms with Crippen molar-refractivity contribution in [2.75, 3.05) is 12.9 Å². The molecule has 3 heteroatoms. The summed E-state index contributed by atoms with van der Waals surface area (Å²) < 4.78 is 5.23. The van der Waals surface area contributed by atoms with Crippen LogP contribution in [0.5, 0.6) is 5.75 Å². The number of methoxy groups -OCH3 is 1. The summed E-state index contributed by atoms with van der Waals surface area (Å²) in [6.45, 7) is 1.59. The minimum Gasteiger partial charge on any atom is -0.496 e. The molecule has 0 heterocycles. The molecule has 0 fully saturated rings. The number of ether oxygens (including phenoxy) is 1. The van der Waals surface area contributed by atoms with Crippen LogP contribution in [0.4, 0.5) is 0 Å². The standard InChI is InChI=1S/C13H16O2S/c1-11(14)16-10-6-5-8-12-7-3-4-9-13(12)15-2/h3-5,7-9H,6,10H2,1-2H3. The second-order valence-corrected chi connectivity index (χ2v) is 4.54. The predicted molar refractivity (Wildman–Crippen MR) is 69.8 cm³/mol. The Morgan fingerprint density at radius 2 is 2.19 bits per heavy atom. The number of carbonyl (C=O) groups is 1. The third-order valence-corrected chi connectivity index (χ3v) is 2.87. The van der Waals surface area contributed by atoms with Gasteiger partial charge >= 0.3 is 0 Å². The highest BCUT2D eigenvalue weighted by molar-refractivity contribution is 8.13. The van der Waals surface area contributed by atoms with E-state index in [0.29, 0.717) is 0 Å². The van der Waals surface area contributed by atoms with E-state index in [1.165, 1.54) is 11.8 Å². The fourth-order valence-electron chi connectivity index (χ4n) is 1.29. The van der Waals surface area contributed by atoms with Crippen LogP contribution >= 0.6 is 11.8 Å². The number of thioether (sulfide) groups is 1. The van der Waals surface area contributed by atoms with Crippen molar-refractivity contribution >= 4 is 23.0 Å². The average molecular weight is 236 g/mol. The van der Waals surface area contributed by atoms with E-state index >= 15 is 0 Å². The van der Waals surface area contributed by atoms with Crippen LogP contribution in [0.3, 0.4) is 0 Å². The molecule has 0 aromatic heterocycles. The first-order valence-corrected chi connectivity index (χ1v) is 6.15. The van der Waals surface area contributed by atoms with Gasteiger partial charge in [-0.05, 0) is 12.5 Å². The van der Waals surface area contributed by atoms with E-state index in [0.717, 1.165) is 23.5 Å². The SMILES string of the molecule is COc1ccccc1C=CCCSC(C)=O. The third kappa shape index (κ3) is 4.53. The Balaban J connectivity index is 2.46. The Morgan fingerprint density at radius 1 is 1.44 bits per heavy atom. The van der Waals surface area contributed by atoms with E-state index in [2.05, 4.69) is 6.08 Å². The minimum absolute atomic E-state index is 0.172. The molecule has 0 spiro atoms. The molecule has 1 aromatic carbocycles. The molecular weight excluding hydrogens is 220 g/mol. The van der Waals surface area contributed by atoms with Crippen LogP contribution in [0.15, 0.2) is 30.3 Å². The first kappa shape index (κ1) is 12.8. The van der Waals surface area contributed by atoms with E-state index in [1.54, 1.807) is 14.0 Å². The number of hydrogen-bond acceptors (Lipinski definition) is 3. The van der Waals surface area contributed by atoms with Gasteiger partial charge in [-0.3, -0.25) is 4.79 Å². The third-order valence-electron chi connectivity index (χ3n) is 2.03. The van der Waals surface area contributed by atoms with Crippen molar-refractivity contribution in [2.45, 2.75) is 13.3 Å². The summed E-state index contributed by atoms with van der Waals surface area (Å²) in [6, 6.07) is 7.87. The van der Waals surface area contributed by atoms with Crippen molar-refractivity contribution in [3.63, 3.8) is 0 Å². The largest absolute Gasteiger partial charge is 0.496 e. The fraction of sp³-hybridized carbons (Fsp3) is 0.308. The molecule has 0 saturated heterocycles. The van der Waals surface area contributed by atoms with Crippen LogP contribution in [-0.2, 0) is 4.79 Å². The lowest BCUT2D eigenvalue weighted by atomic mass is 10.2. The second-order valence-electron chi connectivity index (χ2n) is 3.27. The molecule has 0 unspecified atom stereocenters. The van der Waals surface area contributed by atoms with Crippen molar-refractivity contribution in [3.8, 4) is 5.75 Å². The molecule has 1 aromatic rings. The molecule has 0 radical (unpaired) electrons. The van der Waals surface area contributed by atoms with Gasteiger partial charge in [0.1, 0.15) is 5.75 Å². The Hall–Kier alpha value is -1.22. The highest BCUT2D eigenvalue weighted by Crippen LogP contribution is 2.19. The van der Waals surface area contributed by atoms with Crippen molar-refractivity contribution in [2.24, 2.45) is 0 Å². The zero-order valence-electron chi connectivity index (χ0n) is 9.60. The van der Waals surface area contributed by atoms with Crippen LogP contribution in [0.2, 0.25) is 0 Å². The van der Waals surface area contributed by atoms with Gasteiger partial charge in [-0.2, -0.15) is 0 Å². The maximum atomic E-state index is 10.7. The van der Waals surface area contributed by atoms with Gasteiger partial charge in [-0.1, -0.05) is 42.1 Å². The molecule has 2 nitrogen and oxygen atoms in total. The number of hydrogen-bond donors (Lipinski definition) is 0. The zero-order chi connectivity index (χ0) is 11.8. The Kier molecular flexibility index (Phi) is 5.72. The molecule has 0 aliphatic carbocycles. The van der Waals surface area contributed by atoms with Crippen molar-refractivity contribution in [3.05, 3.63) is 35.9 Å². The molecule has 1 rings (SSSR count). The quantitative estimate of drug-likeness (QED) is 0.733. The highest BCUT2D eigenvalue weighted by atomic mass is 32.2. The molecule has 0 aliphatic heterocycles. The number of carbonyl (C=O) groups excluding carboxylic acids is 1. The molecule has 0 N–H and O–H groups in total. The summed E-state index contributed by atoms with van der Waals surface area (Å²) in [5.74, 6) is 1.71. The van der Waals surface area contributed by atoms with Crippen molar-refractivity contribution < 1.29 is 9.53 Å². The Labute approximate surface area is 101 Å². The van der Waals surface area contributed by atoms with Gasteiger partial charge in [0, 0.05) is 18.2 Å². The van der Waals surface area contributed by atoms with Crippen LogP contribution in [0.1, 0.15) is 18.9 Å². The molecule has 0 amide bonds. The van der Waals surface area contributed by atoms with Gasteiger partial charge in [0.2, 0.25) is 0 Å². The minimum atomic E-state index is 0.172. The number of benzene rings is 1. The molecule has 0 bridgehead atoms. The van der Waals surface area contributed by atoms with Crippen LogP contribution < -0.4 is 4.74 Å². The van der Waals surface area contributed by atoms with Crippen LogP contribution in [0, 0.1) is 0 Å². The highest BCUT2D eigenvalue weighted by Gasteiger charge is 1.96. The summed E-state index contributed by atoms with van der Waals surface area (Å²) in [5, 5.41) is 0.172. The Morgan fingerprint density at radius 3 is 2.88 bits per heavy atom. The maximum Gasteiger partial charge on any atom is 0.185 e. The number of allylic oxidation sites excluding steroid dienone is 1. The lowest BCUT2D eigenvalue weighted by molar-refractivity contribution is -0.109. The second kappa shape index (κ2) is 7.12. The summed E-state index contributed by atoms with van der Waals surface area (Å²) >= 11 is 1.35. The van der Waals surface area contributed by atoms with Crippen LogP contribution in [-0.4, -0.2) is 18.0 Å². The van der Waals surface area contributed by atoms with E-state index in [4.69, 9.17) is 4.74 Å². The summed E-state index contributed by atoms with van der Waals surface area (Å²) in [6.07, 6.45) is 4.98.